The van der Waals surface area contributed by atoms with Crippen molar-refractivity contribution in [2.24, 2.45) is 0 Å². The number of hydrogen-bond acceptors (Lipinski definition) is 1. The molecule has 0 heterocycles. The normalized spacial score (nSPS) is 11.5. The van der Waals surface area contributed by atoms with E-state index in [4.69, 9.17) is 4.74 Å². The molecule has 1 aromatic rings. The fourth-order valence-electron chi connectivity index (χ4n) is 1.05. The lowest BCUT2D eigenvalue weighted by Gasteiger charge is -2.16. The molecule has 0 spiro atoms. The zero-order chi connectivity index (χ0) is 11.5. The zero-order valence-electron chi connectivity index (χ0n) is 8.14. The summed E-state index contributed by atoms with van der Waals surface area (Å²) in [6.07, 6.45) is 0.612. The fourth-order valence-corrected chi connectivity index (χ4v) is 1.05. The molecule has 84 valence electrons. The average Bonchev–Trinajstić information content (AvgIpc) is 2.15. The fraction of sp³-hybridized carbons (Fsp3) is 0.333. The van der Waals surface area contributed by atoms with Crippen molar-refractivity contribution < 1.29 is 22.1 Å². The maximum atomic E-state index is 13.0. The van der Waals surface area contributed by atoms with E-state index < -0.39 is 18.3 Å². The summed E-state index contributed by atoms with van der Waals surface area (Å²) in [5.74, 6) is -1.11. The van der Waals surface area contributed by atoms with E-state index in [9.17, 15) is 17.3 Å². The summed E-state index contributed by atoms with van der Waals surface area (Å²) < 4.78 is 54.8. The van der Waals surface area contributed by atoms with E-state index in [1.165, 1.54) is 0 Å². The lowest BCUT2D eigenvalue weighted by atomic mass is 9.80. The quantitative estimate of drug-likeness (QED) is 0.560. The van der Waals surface area contributed by atoms with Gasteiger partial charge < -0.3 is 17.7 Å². The van der Waals surface area contributed by atoms with Gasteiger partial charge in [0.25, 0.3) is 0 Å². The minimum absolute atomic E-state index is 0.200. The largest absolute Gasteiger partial charge is 0.509 e. The van der Waals surface area contributed by atoms with Crippen LogP contribution in [0.5, 0.6) is 5.75 Å². The molecule has 0 atom stereocenters. The third-order valence-corrected chi connectivity index (χ3v) is 1.79. The first-order chi connectivity index (χ1) is 6.95. The first kappa shape index (κ1) is 11.9. The highest BCUT2D eigenvalue weighted by Gasteiger charge is 2.26. The van der Waals surface area contributed by atoms with Gasteiger partial charge in [-0.25, -0.2) is 4.39 Å². The Morgan fingerprint density at radius 3 is 2.47 bits per heavy atom. The topological polar surface area (TPSA) is 9.23 Å². The number of hydrogen-bond donors (Lipinski definition) is 0. The molecule has 6 heteroatoms. The Bertz CT molecular complexity index is 337. The van der Waals surface area contributed by atoms with E-state index in [2.05, 4.69) is 0 Å². The molecular weight excluding hydrogens is 211 g/mol. The van der Waals surface area contributed by atoms with E-state index >= 15 is 0 Å². The molecule has 0 fully saturated rings. The molecule has 0 radical (unpaired) electrons. The predicted octanol–water partition coefficient (Wildman–Crippen LogP) is 2.67. The van der Waals surface area contributed by atoms with Crippen LogP contribution in [0.4, 0.5) is 17.3 Å². The van der Waals surface area contributed by atoms with Gasteiger partial charge >= 0.3 is 6.98 Å². The van der Waals surface area contributed by atoms with Gasteiger partial charge in [-0.05, 0) is 18.6 Å². The molecule has 1 rings (SSSR count). The van der Waals surface area contributed by atoms with E-state index in [0.29, 0.717) is 18.6 Å². The molecule has 1 aromatic carbocycles. The van der Waals surface area contributed by atoms with Crippen LogP contribution in [-0.2, 0) is 0 Å². The molecule has 1 nitrogen and oxygen atoms in total. The van der Waals surface area contributed by atoms with Crippen molar-refractivity contribution in [3.05, 3.63) is 24.0 Å². The van der Waals surface area contributed by atoms with Gasteiger partial charge in [-0.2, -0.15) is 0 Å². The summed E-state index contributed by atoms with van der Waals surface area (Å²) in [5, 5.41) is 0. The monoisotopic (exact) mass is 221 g/mol. The van der Waals surface area contributed by atoms with Crippen LogP contribution in [0.25, 0.3) is 0 Å². The van der Waals surface area contributed by atoms with Crippen LogP contribution in [0.15, 0.2) is 18.2 Å². The van der Waals surface area contributed by atoms with Gasteiger partial charge in [-0.1, -0.05) is 13.0 Å². The van der Waals surface area contributed by atoms with Gasteiger partial charge in [0.2, 0.25) is 0 Å². The number of ether oxygens (including phenoxy) is 1. The lowest BCUT2D eigenvalue weighted by Crippen LogP contribution is -2.34. The third kappa shape index (κ3) is 3.14. The summed E-state index contributed by atoms with van der Waals surface area (Å²) in [4.78, 5) is 0. The molecule has 0 N–H and O–H groups in total. The van der Waals surface area contributed by atoms with Crippen molar-refractivity contribution in [2.45, 2.75) is 13.3 Å². The molecule has 0 amide bonds. The van der Waals surface area contributed by atoms with Gasteiger partial charge in [0, 0.05) is 0 Å². The van der Waals surface area contributed by atoms with Crippen LogP contribution in [0.2, 0.25) is 0 Å². The Morgan fingerprint density at radius 2 is 1.93 bits per heavy atom. The van der Waals surface area contributed by atoms with Crippen molar-refractivity contribution in [1.29, 1.82) is 0 Å². The Hall–Kier alpha value is -1.20. The predicted molar refractivity (Wildman–Crippen MR) is 50.9 cm³/mol. The van der Waals surface area contributed by atoms with Crippen LogP contribution < -0.4 is 10.2 Å². The van der Waals surface area contributed by atoms with Crippen molar-refractivity contribution in [2.75, 3.05) is 6.61 Å². The number of rotatable bonds is 4. The molecule has 0 bridgehead atoms. The van der Waals surface area contributed by atoms with Crippen molar-refractivity contribution in [3.8, 4) is 5.75 Å². The number of halogens is 4. The molecule has 0 unspecified atom stereocenters. The summed E-state index contributed by atoms with van der Waals surface area (Å²) in [6.45, 7) is -3.12. The van der Waals surface area contributed by atoms with Crippen LogP contribution in [0.1, 0.15) is 13.3 Å². The van der Waals surface area contributed by atoms with Crippen LogP contribution in [0.3, 0.4) is 0 Å². The highest BCUT2D eigenvalue weighted by molar-refractivity contribution is 6.73. The van der Waals surface area contributed by atoms with Gasteiger partial charge in [-0.15, -0.1) is 5.46 Å². The molecule has 0 aliphatic heterocycles. The highest BCUT2D eigenvalue weighted by Crippen LogP contribution is 2.18. The van der Waals surface area contributed by atoms with Gasteiger partial charge in [0.05, 0.1) is 6.61 Å². The third-order valence-electron chi connectivity index (χ3n) is 1.79. The van der Waals surface area contributed by atoms with E-state index in [1.54, 1.807) is 6.92 Å². The molecule has 0 saturated carbocycles. The van der Waals surface area contributed by atoms with Crippen LogP contribution in [-0.4, -0.2) is 13.6 Å². The number of benzene rings is 1. The summed E-state index contributed by atoms with van der Waals surface area (Å²) >= 11 is 0. The Kier molecular flexibility index (Phi) is 3.60. The molecule has 0 saturated heterocycles. The lowest BCUT2D eigenvalue weighted by molar-refractivity contribution is 0.301. The highest BCUT2D eigenvalue weighted by atomic mass is 19.4. The minimum atomic E-state index is -5.10. The van der Waals surface area contributed by atoms with E-state index in [0.717, 1.165) is 6.07 Å². The van der Waals surface area contributed by atoms with Crippen molar-refractivity contribution in [1.82, 2.24) is 0 Å². The van der Waals surface area contributed by atoms with Gasteiger partial charge in [0.15, 0.2) is 11.6 Å². The van der Waals surface area contributed by atoms with Crippen molar-refractivity contribution in [3.63, 3.8) is 0 Å². The van der Waals surface area contributed by atoms with Crippen LogP contribution in [0, 0.1) is 5.82 Å². The molecule has 15 heavy (non-hydrogen) atoms. The Balaban J connectivity index is 2.95. The summed E-state index contributed by atoms with van der Waals surface area (Å²) in [5.41, 5.74) is -0.845. The summed E-state index contributed by atoms with van der Waals surface area (Å²) in [7, 11) is 0. The van der Waals surface area contributed by atoms with E-state index in [1.807, 2.05) is 0 Å². The second kappa shape index (κ2) is 4.55. The molecule has 0 aliphatic carbocycles. The summed E-state index contributed by atoms with van der Waals surface area (Å²) in [6, 6.07) is 2.19. The smallest absolute Gasteiger partial charge is 0.491 e. The molecular formula is C9H10BF4O-. The molecule has 0 aliphatic rings. The minimum Gasteiger partial charge on any atom is -0.491 e. The molecule has 0 aromatic heterocycles. The maximum Gasteiger partial charge on any atom is 0.509 e. The Labute approximate surface area is 85.1 Å². The van der Waals surface area contributed by atoms with Gasteiger partial charge in [-0.3, -0.25) is 0 Å². The standard InChI is InChI=1S/C9H10BF4O/c1-2-5-15-9-6-7(10(12,13)14)3-4-8(9)11/h3-4,6H,2,5H2,1H3/q-1. The zero-order valence-corrected chi connectivity index (χ0v) is 8.14. The van der Waals surface area contributed by atoms with E-state index in [-0.39, 0.29) is 12.4 Å². The van der Waals surface area contributed by atoms with Gasteiger partial charge in [0.1, 0.15) is 0 Å². The Morgan fingerprint density at radius 1 is 1.27 bits per heavy atom. The average molecular weight is 221 g/mol. The first-order valence-corrected chi connectivity index (χ1v) is 4.57. The maximum absolute atomic E-state index is 13.0. The second-order valence-corrected chi connectivity index (χ2v) is 3.11. The second-order valence-electron chi connectivity index (χ2n) is 3.11. The van der Waals surface area contributed by atoms with Crippen molar-refractivity contribution >= 4 is 12.4 Å². The first-order valence-electron chi connectivity index (χ1n) is 4.57. The SMILES string of the molecule is CCCOc1cc([B-](F)(F)F)ccc1F. The van der Waals surface area contributed by atoms with Crippen LogP contribution >= 0.6 is 0 Å².